The maximum Gasteiger partial charge on any atom is 0.182 e. The molecule has 2 aromatic rings. The summed E-state index contributed by atoms with van der Waals surface area (Å²) in [5, 5.41) is 30.6. The summed E-state index contributed by atoms with van der Waals surface area (Å²) < 4.78 is 17.2. The summed E-state index contributed by atoms with van der Waals surface area (Å²) >= 11 is 0. The Kier molecular flexibility index (Phi) is 12.3. The number of carbonyl (C=O) groups is 1. The summed E-state index contributed by atoms with van der Waals surface area (Å²) in [6, 6.07) is 10.2. The van der Waals surface area contributed by atoms with E-state index in [4.69, 9.17) is 14.2 Å². The molecule has 0 aliphatic heterocycles. The summed E-state index contributed by atoms with van der Waals surface area (Å²) in [5.74, 6) is 1.35. The number of rotatable bonds is 13. The number of benzene rings is 2. The van der Waals surface area contributed by atoms with Crippen LogP contribution in [-0.2, 0) is 4.79 Å². The zero-order valence-corrected chi connectivity index (χ0v) is 25.9. The summed E-state index contributed by atoms with van der Waals surface area (Å²) in [4.78, 5) is 12.3. The molecule has 0 saturated carbocycles. The lowest BCUT2D eigenvalue weighted by molar-refractivity contribution is -0.110. The molecule has 7 nitrogen and oxygen atoms in total. The smallest absolute Gasteiger partial charge is 0.182 e. The van der Waals surface area contributed by atoms with Gasteiger partial charge in [0.25, 0.3) is 0 Å². The van der Waals surface area contributed by atoms with Crippen molar-refractivity contribution in [1.82, 2.24) is 0 Å². The van der Waals surface area contributed by atoms with Crippen molar-refractivity contribution in [3.05, 3.63) is 94.8 Å². The van der Waals surface area contributed by atoms with E-state index in [0.717, 1.165) is 30.1 Å². The average molecular weight is 589 g/mol. The summed E-state index contributed by atoms with van der Waals surface area (Å²) in [7, 11) is 3.02. The molecule has 1 aliphatic carbocycles. The van der Waals surface area contributed by atoms with Crippen molar-refractivity contribution in [2.75, 3.05) is 14.2 Å². The summed E-state index contributed by atoms with van der Waals surface area (Å²) in [6.07, 6.45) is 13.4. The van der Waals surface area contributed by atoms with Gasteiger partial charge in [0.2, 0.25) is 0 Å². The van der Waals surface area contributed by atoms with Crippen molar-refractivity contribution >= 4 is 17.9 Å². The number of aromatic hydroxyl groups is 1. The highest BCUT2D eigenvalue weighted by Crippen LogP contribution is 2.37. The highest BCUT2D eigenvalue weighted by atomic mass is 16.5. The van der Waals surface area contributed by atoms with E-state index >= 15 is 0 Å². The Bertz CT molecular complexity index is 1410. The fourth-order valence-electron chi connectivity index (χ4n) is 5.03. The summed E-state index contributed by atoms with van der Waals surface area (Å²) in [6.45, 7) is 8.36. The number of hydrogen-bond acceptors (Lipinski definition) is 7. The molecule has 43 heavy (non-hydrogen) atoms. The highest BCUT2D eigenvalue weighted by Gasteiger charge is 2.34. The lowest BCUT2D eigenvalue weighted by Crippen LogP contribution is -2.37. The van der Waals surface area contributed by atoms with Crippen LogP contribution in [0, 0.1) is 11.8 Å². The molecule has 0 spiro atoms. The number of allylic oxidation sites excluding steroid dienone is 5. The zero-order chi connectivity index (χ0) is 31.5. The van der Waals surface area contributed by atoms with Gasteiger partial charge >= 0.3 is 0 Å². The lowest BCUT2D eigenvalue weighted by atomic mass is 9.76. The van der Waals surface area contributed by atoms with Gasteiger partial charge < -0.3 is 29.5 Å². The molecule has 0 bridgehead atoms. The van der Waals surface area contributed by atoms with Gasteiger partial charge in [-0.05, 0) is 105 Å². The predicted molar refractivity (Wildman–Crippen MR) is 172 cm³/mol. The van der Waals surface area contributed by atoms with Crippen LogP contribution in [0.3, 0.4) is 0 Å². The van der Waals surface area contributed by atoms with E-state index in [0.29, 0.717) is 35.2 Å². The molecule has 0 heterocycles. The molecule has 4 atom stereocenters. The van der Waals surface area contributed by atoms with Crippen LogP contribution in [0.2, 0.25) is 0 Å². The van der Waals surface area contributed by atoms with E-state index < -0.39 is 11.9 Å². The Labute approximate surface area is 255 Å². The highest BCUT2D eigenvalue weighted by molar-refractivity contribution is 6.02. The van der Waals surface area contributed by atoms with Gasteiger partial charge in [-0.2, -0.15) is 0 Å². The Morgan fingerprint density at radius 1 is 1.00 bits per heavy atom. The molecule has 1 aliphatic rings. The first kappa shape index (κ1) is 33.3. The largest absolute Gasteiger partial charge is 0.508 e. The van der Waals surface area contributed by atoms with Crippen molar-refractivity contribution in [1.29, 1.82) is 0 Å². The number of aliphatic hydroxyl groups excluding tert-OH is 2. The fraction of sp³-hybridized carbons (Fsp3) is 0.361. The molecule has 7 heteroatoms. The number of phenols is 1. The number of methoxy groups -OCH3 is 2. The Balaban J connectivity index is 1.70. The van der Waals surface area contributed by atoms with Gasteiger partial charge in [0.05, 0.1) is 20.3 Å². The quantitative estimate of drug-likeness (QED) is 0.0957. The van der Waals surface area contributed by atoms with E-state index in [9.17, 15) is 20.1 Å². The van der Waals surface area contributed by atoms with Gasteiger partial charge in [-0.25, -0.2) is 0 Å². The Morgan fingerprint density at radius 2 is 1.65 bits per heavy atom. The minimum atomic E-state index is -0.468. The molecule has 3 rings (SSSR count). The maximum atomic E-state index is 12.3. The van der Waals surface area contributed by atoms with Gasteiger partial charge in [0.1, 0.15) is 11.9 Å². The maximum absolute atomic E-state index is 12.3. The minimum Gasteiger partial charge on any atom is -0.508 e. The molecule has 0 aromatic heterocycles. The van der Waals surface area contributed by atoms with E-state index in [2.05, 4.69) is 26.8 Å². The van der Waals surface area contributed by atoms with E-state index in [1.54, 1.807) is 37.5 Å². The number of carbonyl (C=O) groups excluding carboxylic acids is 1. The lowest BCUT2D eigenvalue weighted by Gasteiger charge is -2.36. The molecular formula is C36H44O7. The van der Waals surface area contributed by atoms with Crippen molar-refractivity contribution in [2.24, 2.45) is 11.8 Å². The Morgan fingerprint density at radius 3 is 2.33 bits per heavy atom. The molecule has 0 saturated heterocycles. The van der Waals surface area contributed by atoms with Crippen LogP contribution in [-0.4, -0.2) is 47.5 Å². The van der Waals surface area contributed by atoms with Gasteiger partial charge in [-0.1, -0.05) is 42.9 Å². The van der Waals surface area contributed by atoms with Crippen LogP contribution >= 0.6 is 0 Å². The standard InChI is InChI=1S/C36H44O7/c1-23(2)8-7-9-24(3)30-22-32(40)25(4)18-34(30)43-33-17-13-27(20-36(33)42-6)11-15-29(38)21-28(37)14-10-26-12-16-31(39)35(19-26)41-5/h8,10-21,24,30,32,34,38-40H,7,9,22H2,1-6H3. The third-order valence-corrected chi connectivity index (χ3v) is 7.61. The molecular weight excluding hydrogens is 544 g/mol. The minimum absolute atomic E-state index is 0.00940. The molecule has 230 valence electrons. The first-order valence-corrected chi connectivity index (χ1v) is 14.5. The SMILES string of the molecule is COc1cc(C=CC(=O)C=C(O)C=Cc2ccc(OC3C=C(C)C(O)CC3C(C)CCC=C(C)C)c(OC)c2)ccc1O. The van der Waals surface area contributed by atoms with Gasteiger partial charge in [0.15, 0.2) is 28.8 Å². The zero-order valence-electron chi connectivity index (χ0n) is 25.9. The van der Waals surface area contributed by atoms with Crippen molar-refractivity contribution in [3.8, 4) is 23.0 Å². The van der Waals surface area contributed by atoms with Crippen molar-refractivity contribution < 1.29 is 34.3 Å². The number of aliphatic hydroxyl groups is 2. The second-order valence-corrected chi connectivity index (χ2v) is 11.2. The molecule has 3 N–H and O–H groups in total. The molecule has 4 unspecified atom stereocenters. The van der Waals surface area contributed by atoms with Crippen LogP contribution in [0.15, 0.2) is 83.7 Å². The topological polar surface area (TPSA) is 105 Å². The normalized spacial score (nSPS) is 19.7. The van der Waals surface area contributed by atoms with Crippen LogP contribution in [0.4, 0.5) is 0 Å². The monoisotopic (exact) mass is 588 g/mol. The third-order valence-electron chi connectivity index (χ3n) is 7.61. The number of ketones is 1. The number of hydrogen-bond donors (Lipinski definition) is 3. The van der Waals surface area contributed by atoms with Crippen LogP contribution < -0.4 is 14.2 Å². The summed E-state index contributed by atoms with van der Waals surface area (Å²) in [5.41, 5.74) is 3.63. The molecule has 0 amide bonds. The first-order chi connectivity index (χ1) is 20.5. The average Bonchev–Trinajstić information content (AvgIpc) is 2.97. The van der Waals surface area contributed by atoms with Crippen molar-refractivity contribution in [3.63, 3.8) is 0 Å². The third kappa shape index (κ3) is 9.93. The van der Waals surface area contributed by atoms with E-state index in [1.165, 1.54) is 30.9 Å². The van der Waals surface area contributed by atoms with Crippen LogP contribution in [0.25, 0.3) is 12.2 Å². The van der Waals surface area contributed by atoms with Gasteiger partial charge in [-0.3, -0.25) is 4.79 Å². The Hall–Kier alpha value is -4.23. The van der Waals surface area contributed by atoms with Gasteiger partial charge in [0, 0.05) is 12.0 Å². The van der Waals surface area contributed by atoms with Crippen LogP contribution in [0.1, 0.15) is 58.1 Å². The molecule has 2 aromatic carbocycles. The number of ether oxygens (including phenoxy) is 3. The van der Waals surface area contributed by atoms with E-state index in [1.807, 2.05) is 25.1 Å². The number of phenolic OH excluding ortho intramolecular Hbond substituents is 1. The first-order valence-electron chi connectivity index (χ1n) is 14.5. The van der Waals surface area contributed by atoms with Gasteiger partial charge in [-0.15, -0.1) is 0 Å². The fourth-order valence-corrected chi connectivity index (χ4v) is 5.03. The molecule has 0 radical (unpaired) electrons. The second kappa shape index (κ2) is 15.8. The van der Waals surface area contributed by atoms with Crippen molar-refractivity contribution in [2.45, 2.75) is 59.2 Å². The molecule has 0 fully saturated rings. The van der Waals surface area contributed by atoms with E-state index in [-0.39, 0.29) is 23.5 Å². The van der Waals surface area contributed by atoms with Crippen LogP contribution in [0.5, 0.6) is 23.0 Å². The predicted octanol–water partition coefficient (Wildman–Crippen LogP) is 7.60. The second-order valence-electron chi connectivity index (χ2n) is 11.2.